The maximum atomic E-state index is 13.8. The largest absolute Gasteiger partial charge is 0.480 e. The second-order valence-corrected chi connectivity index (χ2v) is 6.75. The van der Waals surface area contributed by atoms with Crippen molar-refractivity contribution >= 4 is 23.2 Å². The molecule has 1 aromatic heterocycles. The number of hydrogen-bond acceptors (Lipinski definition) is 4. The topological polar surface area (TPSA) is 79.3 Å². The molecular weight excluding hydrogens is 331 g/mol. The number of aliphatic carboxylic acids is 1. The van der Waals surface area contributed by atoms with Gasteiger partial charge in [0.2, 0.25) is 5.91 Å². The molecule has 1 heterocycles. The Balaban J connectivity index is 2.02. The summed E-state index contributed by atoms with van der Waals surface area (Å²) in [6.07, 6.45) is 0.325. The van der Waals surface area contributed by atoms with Crippen molar-refractivity contribution in [2.24, 2.45) is 5.92 Å². The molecule has 5 nitrogen and oxygen atoms in total. The smallest absolute Gasteiger partial charge is 0.326 e. The molecule has 0 saturated heterocycles. The van der Waals surface area contributed by atoms with Crippen LogP contribution in [-0.4, -0.2) is 28.0 Å². The highest BCUT2D eigenvalue weighted by molar-refractivity contribution is 7.13. The van der Waals surface area contributed by atoms with Crippen LogP contribution in [0.3, 0.4) is 0 Å². The number of halogens is 1. The van der Waals surface area contributed by atoms with E-state index in [-0.39, 0.29) is 18.2 Å². The summed E-state index contributed by atoms with van der Waals surface area (Å²) in [5.74, 6) is -1.68. The quantitative estimate of drug-likeness (QED) is 0.804. The van der Waals surface area contributed by atoms with Gasteiger partial charge in [0, 0.05) is 10.9 Å². The van der Waals surface area contributed by atoms with Crippen LogP contribution in [0, 0.1) is 11.7 Å². The van der Waals surface area contributed by atoms with Crippen molar-refractivity contribution in [1.82, 2.24) is 10.3 Å². The highest BCUT2D eigenvalue weighted by atomic mass is 32.1. The number of thiazole rings is 1. The van der Waals surface area contributed by atoms with Gasteiger partial charge in [0.1, 0.15) is 16.9 Å². The molecule has 0 aliphatic rings. The van der Waals surface area contributed by atoms with Gasteiger partial charge in [-0.1, -0.05) is 26.0 Å². The van der Waals surface area contributed by atoms with Gasteiger partial charge in [0.25, 0.3) is 0 Å². The zero-order chi connectivity index (χ0) is 17.7. The third-order valence-corrected chi connectivity index (χ3v) is 4.26. The molecule has 0 aliphatic carbocycles. The van der Waals surface area contributed by atoms with Gasteiger partial charge in [-0.05, 0) is 24.5 Å². The molecule has 2 aromatic rings. The predicted molar refractivity (Wildman–Crippen MR) is 90.2 cm³/mol. The lowest BCUT2D eigenvalue weighted by Gasteiger charge is -2.16. The van der Waals surface area contributed by atoms with Crippen LogP contribution in [0.5, 0.6) is 0 Å². The van der Waals surface area contributed by atoms with Gasteiger partial charge in [-0.2, -0.15) is 0 Å². The van der Waals surface area contributed by atoms with E-state index in [0.717, 1.165) is 0 Å². The van der Waals surface area contributed by atoms with Gasteiger partial charge in [0.15, 0.2) is 0 Å². The lowest BCUT2D eigenvalue weighted by Crippen LogP contribution is -2.42. The first-order chi connectivity index (χ1) is 11.4. The summed E-state index contributed by atoms with van der Waals surface area (Å²) in [6.45, 7) is 3.78. The Morgan fingerprint density at radius 2 is 2.04 bits per heavy atom. The molecular formula is C17H19FN2O3S. The SMILES string of the molecule is CC(C)CC(NC(=O)Cc1csc(-c2ccccc2F)n1)C(=O)O. The normalized spacial score (nSPS) is 12.2. The Morgan fingerprint density at radius 3 is 2.67 bits per heavy atom. The number of amides is 1. The number of carbonyl (C=O) groups is 2. The van der Waals surface area contributed by atoms with Gasteiger partial charge < -0.3 is 10.4 Å². The molecule has 0 aliphatic heterocycles. The maximum Gasteiger partial charge on any atom is 0.326 e. The number of nitrogens with one attached hydrogen (secondary N) is 1. The summed E-state index contributed by atoms with van der Waals surface area (Å²) in [5.41, 5.74) is 0.877. The summed E-state index contributed by atoms with van der Waals surface area (Å²) in [5, 5.41) is 13.8. The summed E-state index contributed by atoms with van der Waals surface area (Å²) in [4.78, 5) is 27.5. The van der Waals surface area contributed by atoms with E-state index in [0.29, 0.717) is 22.7 Å². The fraction of sp³-hybridized carbons (Fsp3) is 0.353. The van der Waals surface area contributed by atoms with E-state index in [1.54, 1.807) is 23.6 Å². The summed E-state index contributed by atoms with van der Waals surface area (Å²) in [6, 6.07) is 5.38. The van der Waals surface area contributed by atoms with Gasteiger partial charge >= 0.3 is 5.97 Å². The van der Waals surface area contributed by atoms with Crippen LogP contribution in [0.2, 0.25) is 0 Å². The number of nitrogens with zero attached hydrogens (tertiary/aromatic N) is 1. The van der Waals surface area contributed by atoms with Crippen molar-refractivity contribution in [2.75, 3.05) is 0 Å². The van der Waals surface area contributed by atoms with Crippen LogP contribution >= 0.6 is 11.3 Å². The molecule has 0 radical (unpaired) electrons. The van der Waals surface area contributed by atoms with Crippen molar-refractivity contribution in [3.63, 3.8) is 0 Å². The first-order valence-corrected chi connectivity index (χ1v) is 8.46. The van der Waals surface area contributed by atoms with Crippen molar-refractivity contribution in [3.8, 4) is 10.6 Å². The van der Waals surface area contributed by atoms with E-state index in [2.05, 4.69) is 10.3 Å². The van der Waals surface area contributed by atoms with Crippen LogP contribution in [0.15, 0.2) is 29.6 Å². The van der Waals surface area contributed by atoms with E-state index in [1.165, 1.54) is 17.4 Å². The number of carbonyl (C=O) groups excluding carboxylic acids is 1. The highest BCUT2D eigenvalue weighted by Gasteiger charge is 2.21. The van der Waals surface area contributed by atoms with Crippen molar-refractivity contribution < 1.29 is 19.1 Å². The first-order valence-electron chi connectivity index (χ1n) is 7.58. The van der Waals surface area contributed by atoms with Crippen LogP contribution in [0.4, 0.5) is 4.39 Å². The summed E-state index contributed by atoms with van der Waals surface area (Å²) in [7, 11) is 0. The number of carboxylic acids is 1. The molecule has 1 unspecified atom stereocenters. The molecule has 24 heavy (non-hydrogen) atoms. The molecule has 2 N–H and O–H groups in total. The number of carboxylic acid groups (broad SMARTS) is 1. The Labute approximate surface area is 143 Å². The number of benzene rings is 1. The fourth-order valence-electron chi connectivity index (χ4n) is 2.25. The van der Waals surface area contributed by atoms with E-state index < -0.39 is 17.9 Å². The number of aromatic nitrogens is 1. The fourth-order valence-corrected chi connectivity index (χ4v) is 3.10. The molecule has 1 atom stereocenters. The highest BCUT2D eigenvalue weighted by Crippen LogP contribution is 2.26. The molecule has 7 heteroatoms. The second kappa shape index (κ2) is 8.01. The van der Waals surface area contributed by atoms with Gasteiger partial charge in [-0.25, -0.2) is 14.2 Å². The lowest BCUT2D eigenvalue weighted by atomic mass is 10.0. The van der Waals surface area contributed by atoms with E-state index in [1.807, 2.05) is 13.8 Å². The van der Waals surface area contributed by atoms with Crippen molar-refractivity contribution in [1.29, 1.82) is 0 Å². The zero-order valence-electron chi connectivity index (χ0n) is 13.5. The average molecular weight is 350 g/mol. The molecule has 1 amide bonds. The van der Waals surface area contributed by atoms with E-state index in [4.69, 9.17) is 5.11 Å². The Hall–Kier alpha value is -2.28. The predicted octanol–water partition coefficient (Wildman–Crippen LogP) is 3.11. The van der Waals surface area contributed by atoms with Crippen LogP contribution < -0.4 is 5.32 Å². The third kappa shape index (κ3) is 4.86. The number of rotatable bonds is 7. The molecule has 0 fully saturated rings. The summed E-state index contributed by atoms with van der Waals surface area (Å²) >= 11 is 1.25. The molecule has 2 rings (SSSR count). The second-order valence-electron chi connectivity index (χ2n) is 5.89. The molecule has 128 valence electrons. The van der Waals surface area contributed by atoms with Crippen LogP contribution in [0.25, 0.3) is 10.6 Å². The zero-order valence-corrected chi connectivity index (χ0v) is 14.3. The standard InChI is InChI=1S/C17H19FN2O3S/c1-10(2)7-14(17(22)23)20-15(21)8-11-9-24-16(19-11)12-5-3-4-6-13(12)18/h3-6,9-10,14H,7-8H2,1-2H3,(H,20,21)(H,22,23). The minimum Gasteiger partial charge on any atom is -0.480 e. The lowest BCUT2D eigenvalue weighted by molar-refractivity contribution is -0.142. The summed E-state index contributed by atoms with van der Waals surface area (Å²) < 4.78 is 13.8. The Morgan fingerprint density at radius 1 is 1.33 bits per heavy atom. The number of hydrogen-bond donors (Lipinski definition) is 2. The minimum absolute atomic E-state index is 0.0349. The van der Waals surface area contributed by atoms with Crippen molar-refractivity contribution in [2.45, 2.75) is 32.7 Å². The Kier molecular flexibility index (Phi) is 6.03. The minimum atomic E-state index is -1.05. The van der Waals surface area contributed by atoms with Crippen LogP contribution in [0.1, 0.15) is 26.0 Å². The van der Waals surface area contributed by atoms with E-state index in [9.17, 15) is 14.0 Å². The maximum absolute atomic E-state index is 13.8. The molecule has 1 aromatic carbocycles. The van der Waals surface area contributed by atoms with Crippen LogP contribution in [-0.2, 0) is 16.0 Å². The molecule has 0 bridgehead atoms. The van der Waals surface area contributed by atoms with Gasteiger partial charge in [-0.3, -0.25) is 4.79 Å². The third-order valence-electron chi connectivity index (χ3n) is 3.34. The Bertz CT molecular complexity index is 730. The van der Waals surface area contributed by atoms with Crippen molar-refractivity contribution in [3.05, 3.63) is 41.2 Å². The molecule has 0 saturated carbocycles. The molecule has 0 spiro atoms. The first kappa shape index (κ1) is 18.1. The van der Waals surface area contributed by atoms with E-state index >= 15 is 0 Å². The monoisotopic (exact) mass is 350 g/mol. The average Bonchev–Trinajstić information content (AvgIpc) is 2.94. The van der Waals surface area contributed by atoms with Gasteiger partial charge in [0.05, 0.1) is 12.1 Å². The van der Waals surface area contributed by atoms with Gasteiger partial charge in [-0.15, -0.1) is 11.3 Å².